The number of nitrogens with zero attached hydrogens (tertiary/aromatic N) is 1. The molecule has 23 heavy (non-hydrogen) atoms. The monoisotopic (exact) mass is 373 g/mol. The summed E-state index contributed by atoms with van der Waals surface area (Å²) in [4.78, 5) is 35.2. The predicted octanol–water partition coefficient (Wildman–Crippen LogP) is 3.49. The van der Waals surface area contributed by atoms with Crippen LogP contribution in [0.5, 0.6) is 5.75 Å². The van der Waals surface area contributed by atoms with E-state index in [4.69, 9.17) is 0 Å². The lowest BCUT2D eigenvalue weighted by atomic mass is 9.85. The number of fused-ring (bicyclic) bond motifs is 1. The zero-order valence-corrected chi connectivity index (χ0v) is 13.0. The second-order valence-electron chi connectivity index (χ2n) is 4.85. The van der Waals surface area contributed by atoms with Crippen LogP contribution in [-0.4, -0.2) is 21.6 Å². The summed E-state index contributed by atoms with van der Waals surface area (Å²) in [5.74, 6) is -1.22. The van der Waals surface area contributed by atoms with E-state index in [-0.39, 0.29) is 32.6 Å². The molecule has 114 valence electrons. The minimum absolute atomic E-state index is 0.0611. The topological polar surface area (TPSA) is 97.5 Å². The first-order valence-electron chi connectivity index (χ1n) is 6.47. The Kier molecular flexibility index (Phi) is 3.57. The molecule has 0 unspecified atom stereocenters. The van der Waals surface area contributed by atoms with Crippen molar-refractivity contribution in [2.75, 3.05) is 0 Å². The average Bonchev–Trinajstić information content (AvgIpc) is 2.53. The predicted molar refractivity (Wildman–Crippen MR) is 85.7 cm³/mol. The van der Waals surface area contributed by atoms with Crippen LogP contribution in [0.1, 0.15) is 26.3 Å². The van der Waals surface area contributed by atoms with Crippen LogP contribution in [0.25, 0.3) is 5.57 Å². The van der Waals surface area contributed by atoms with E-state index < -0.39 is 16.5 Å². The van der Waals surface area contributed by atoms with Gasteiger partial charge in [-0.05, 0) is 45.8 Å². The van der Waals surface area contributed by atoms with Gasteiger partial charge in [-0.15, -0.1) is 0 Å². The molecule has 0 spiro atoms. The number of ketones is 2. The van der Waals surface area contributed by atoms with Crippen LogP contribution in [0.4, 0.5) is 5.69 Å². The molecule has 0 radical (unpaired) electrons. The number of carbonyl (C=O) groups is 2. The highest BCUT2D eigenvalue weighted by molar-refractivity contribution is 9.12. The third kappa shape index (κ3) is 2.35. The van der Waals surface area contributed by atoms with Crippen molar-refractivity contribution in [3.63, 3.8) is 0 Å². The molecule has 0 saturated heterocycles. The van der Waals surface area contributed by atoms with E-state index in [2.05, 4.69) is 15.9 Å². The van der Waals surface area contributed by atoms with Crippen molar-refractivity contribution < 1.29 is 19.6 Å². The van der Waals surface area contributed by atoms with Gasteiger partial charge < -0.3 is 5.11 Å². The Morgan fingerprint density at radius 2 is 1.65 bits per heavy atom. The third-order valence-corrected chi connectivity index (χ3v) is 4.28. The van der Waals surface area contributed by atoms with E-state index in [0.29, 0.717) is 5.56 Å². The number of aromatic hydroxyl groups is 1. The summed E-state index contributed by atoms with van der Waals surface area (Å²) >= 11 is 3.13. The molecule has 0 atom stereocenters. The number of halogens is 1. The van der Waals surface area contributed by atoms with Gasteiger partial charge in [0.15, 0.2) is 5.78 Å². The Balaban J connectivity index is 2.18. The molecule has 0 saturated carbocycles. The highest BCUT2D eigenvalue weighted by atomic mass is 79.9. The molecule has 2 aromatic rings. The lowest BCUT2D eigenvalue weighted by Gasteiger charge is -2.19. The number of nitro benzene ring substituents is 1. The highest BCUT2D eigenvalue weighted by Crippen LogP contribution is 2.38. The maximum atomic E-state index is 12.7. The lowest BCUT2D eigenvalue weighted by molar-refractivity contribution is -0.384. The summed E-state index contributed by atoms with van der Waals surface area (Å²) in [5.41, 5.74) is 0.360. The van der Waals surface area contributed by atoms with Crippen molar-refractivity contribution in [1.29, 1.82) is 0 Å². The Morgan fingerprint density at radius 3 is 2.26 bits per heavy atom. The quantitative estimate of drug-likeness (QED) is 0.641. The number of phenols is 1. The standard InChI is InChI=1S/C16H8BrNO5/c17-14-12(8-4-6-9(7-5-8)18(22)23)16(21)13-10(15(14)20)2-1-3-11(13)19/h1-7,19H. The van der Waals surface area contributed by atoms with Gasteiger partial charge in [0.1, 0.15) is 5.75 Å². The number of rotatable bonds is 2. The van der Waals surface area contributed by atoms with Gasteiger partial charge >= 0.3 is 0 Å². The molecule has 0 aliphatic heterocycles. The van der Waals surface area contributed by atoms with Crippen molar-refractivity contribution in [2.24, 2.45) is 0 Å². The maximum absolute atomic E-state index is 12.7. The summed E-state index contributed by atoms with van der Waals surface area (Å²) < 4.78 is 0.0643. The van der Waals surface area contributed by atoms with Crippen LogP contribution in [0, 0.1) is 10.1 Å². The van der Waals surface area contributed by atoms with Crippen LogP contribution in [0.3, 0.4) is 0 Å². The number of carbonyl (C=O) groups excluding carboxylic acids is 2. The first-order valence-corrected chi connectivity index (χ1v) is 7.27. The molecule has 0 fully saturated rings. The van der Waals surface area contributed by atoms with Gasteiger partial charge in [-0.1, -0.05) is 6.07 Å². The fourth-order valence-electron chi connectivity index (χ4n) is 2.43. The van der Waals surface area contributed by atoms with Crippen molar-refractivity contribution in [2.45, 2.75) is 0 Å². The van der Waals surface area contributed by atoms with Gasteiger partial charge in [0.2, 0.25) is 5.78 Å². The summed E-state index contributed by atoms with van der Waals surface area (Å²) in [5, 5.41) is 20.6. The summed E-state index contributed by atoms with van der Waals surface area (Å²) in [6, 6.07) is 9.56. The zero-order chi connectivity index (χ0) is 16.7. The van der Waals surface area contributed by atoms with Crippen molar-refractivity contribution in [1.82, 2.24) is 0 Å². The Hall–Kier alpha value is -2.80. The van der Waals surface area contributed by atoms with E-state index in [1.807, 2.05) is 0 Å². The largest absolute Gasteiger partial charge is 0.507 e. The third-order valence-electron chi connectivity index (χ3n) is 3.53. The van der Waals surface area contributed by atoms with Gasteiger partial charge in [-0.3, -0.25) is 19.7 Å². The van der Waals surface area contributed by atoms with Gasteiger partial charge in [0.05, 0.1) is 15.0 Å². The molecule has 6 nitrogen and oxygen atoms in total. The molecule has 1 aliphatic rings. The summed E-state index contributed by atoms with van der Waals surface area (Å²) in [7, 11) is 0. The minimum Gasteiger partial charge on any atom is -0.507 e. The van der Waals surface area contributed by atoms with Crippen molar-refractivity contribution >= 4 is 38.8 Å². The Bertz CT molecular complexity index is 899. The Morgan fingerprint density at radius 1 is 1.00 bits per heavy atom. The maximum Gasteiger partial charge on any atom is 0.269 e. The first kappa shape index (κ1) is 15.1. The molecule has 0 amide bonds. The fraction of sp³-hybridized carbons (Fsp3) is 0. The second-order valence-corrected chi connectivity index (χ2v) is 5.64. The number of allylic oxidation sites excluding steroid dienone is 2. The van der Waals surface area contributed by atoms with Crippen LogP contribution in [-0.2, 0) is 0 Å². The van der Waals surface area contributed by atoms with Crippen LogP contribution in [0.2, 0.25) is 0 Å². The number of hydrogen-bond acceptors (Lipinski definition) is 5. The zero-order valence-electron chi connectivity index (χ0n) is 11.4. The number of non-ortho nitro benzene ring substituents is 1. The molecule has 2 aromatic carbocycles. The molecule has 1 N–H and O–H groups in total. The molecule has 0 heterocycles. The number of phenolic OH excluding ortho intramolecular Hbond substituents is 1. The lowest BCUT2D eigenvalue weighted by Crippen LogP contribution is -2.19. The summed E-state index contributed by atoms with van der Waals surface area (Å²) in [6.45, 7) is 0. The average molecular weight is 374 g/mol. The Labute approximate surface area is 138 Å². The van der Waals surface area contributed by atoms with Crippen LogP contribution in [0.15, 0.2) is 46.9 Å². The normalized spacial score (nSPS) is 14.0. The number of benzene rings is 2. The number of Topliss-reactive ketones (excluding diaryl/α,β-unsaturated/α-hetero) is 2. The highest BCUT2D eigenvalue weighted by Gasteiger charge is 2.33. The van der Waals surface area contributed by atoms with Gasteiger partial charge in [-0.2, -0.15) is 0 Å². The van der Waals surface area contributed by atoms with Crippen molar-refractivity contribution in [3.8, 4) is 5.75 Å². The van der Waals surface area contributed by atoms with Gasteiger partial charge in [-0.25, -0.2) is 0 Å². The molecule has 1 aliphatic carbocycles. The van der Waals surface area contributed by atoms with E-state index in [1.165, 1.54) is 42.5 Å². The molecule has 7 heteroatoms. The molecule has 0 bridgehead atoms. The SMILES string of the molecule is O=C1C(Br)=C(c2ccc([N+](=O)[O-])cc2)C(=O)c2c(O)cccc21. The van der Waals surface area contributed by atoms with E-state index in [0.717, 1.165) is 0 Å². The molecule has 3 rings (SSSR count). The van der Waals surface area contributed by atoms with Crippen LogP contribution < -0.4 is 0 Å². The van der Waals surface area contributed by atoms with E-state index in [1.54, 1.807) is 0 Å². The molecular formula is C16H8BrNO5. The fourth-order valence-corrected chi connectivity index (χ4v) is 3.05. The van der Waals surface area contributed by atoms with Gasteiger partial charge in [0, 0.05) is 23.3 Å². The van der Waals surface area contributed by atoms with Gasteiger partial charge in [0.25, 0.3) is 5.69 Å². The number of nitro groups is 1. The molecular weight excluding hydrogens is 366 g/mol. The van der Waals surface area contributed by atoms with Crippen molar-refractivity contribution in [3.05, 3.63) is 73.8 Å². The summed E-state index contributed by atoms with van der Waals surface area (Å²) in [6.07, 6.45) is 0. The van der Waals surface area contributed by atoms with E-state index in [9.17, 15) is 24.8 Å². The smallest absolute Gasteiger partial charge is 0.269 e. The second kappa shape index (κ2) is 5.44. The van der Waals surface area contributed by atoms with Crippen LogP contribution >= 0.6 is 15.9 Å². The molecule has 0 aromatic heterocycles. The minimum atomic E-state index is -0.553. The van der Waals surface area contributed by atoms with E-state index >= 15 is 0 Å². The number of hydrogen-bond donors (Lipinski definition) is 1. The first-order chi connectivity index (χ1) is 10.9.